The summed E-state index contributed by atoms with van der Waals surface area (Å²) < 4.78 is 53.5. The molecule has 0 radical (unpaired) electrons. The first-order valence-corrected chi connectivity index (χ1v) is 14.0. The Morgan fingerprint density at radius 3 is 2.67 bits per heavy atom. The first kappa shape index (κ1) is 28.4. The van der Waals surface area contributed by atoms with Gasteiger partial charge in [-0.3, -0.25) is 4.90 Å². The number of amides is 2. The minimum atomic E-state index is -4.79. The summed E-state index contributed by atoms with van der Waals surface area (Å²) >= 11 is 0. The third-order valence-corrected chi connectivity index (χ3v) is 8.65. The Bertz CT molecular complexity index is 1480. The summed E-state index contributed by atoms with van der Waals surface area (Å²) in [5.41, 5.74) is 7.21. The highest BCUT2D eigenvalue weighted by Crippen LogP contribution is 2.42. The molecule has 224 valence electrons. The van der Waals surface area contributed by atoms with Crippen molar-refractivity contribution < 1.29 is 22.4 Å². The smallest absolute Gasteiger partial charge is 0.346 e. The van der Waals surface area contributed by atoms with Gasteiger partial charge in [0.05, 0.1) is 23.0 Å². The van der Waals surface area contributed by atoms with Crippen molar-refractivity contribution in [2.45, 2.75) is 31.1 Å². The summed E-state index contributed by atoms with van der Waals surface area (Å²) in [5, 5.41) is 7.80. The monoisotopic (exact) mass is 587 g/mol. The van der Waals surface area contributed by atoms with Crippen LogP contribution < -0.4 is 11.1 Å². The number of likely N-dealkylation sites (N-methyl/N-ethyl adjacent to an activating group) is 1. The number of fused-ring (bicyclic) bond motifs is 1. The van der Waals surface area contributed by atoms with E-state index >= 15 is 0 Å². The molecule has 3 aromatic rings. The van der Waals surface area contributed by atoms with Gasteiger partial charge in [0.25, 0.3) is 0 Å². The standard InChI is InChI=1S/C28H33F4N9O/c1-38-14-17(25-20-5-7-34-26(20)36-16-35-25)15-41(38)24-13-23(19(24)4-6-33)39-8-10-40(11-9-39)27(42)37-22-3-2-18(29)12-21(22)28(30,31)32/h2-3,5,7,12,15-16,19,23-24H,4,6,8-11,13-14,33H2,1H3,(H,37,42)(H,34,35,36). The highest BCUT2D eigenvalue weighted by atomic mass is 19.4. The van der Waals surface area contributed by atoms with Crippen LogP contribution >= 0.6 is 0 Å². The second-order valence-electron chi connectivity index (χ2n) is 11.1. The van der Waals surface area contributed by atoms with Crippen LogP contribution in [0.5, 0.6) is 0 Å². The Hall–Kier alpha value is -3.75. The van der Waals surface area contributed by atoms with E-state index in [0.717, 1.165) is 53.8 Å². The highest BCUT2D eigenvalue weighted by Gasteiger charge is 2.48. The number of anilines is 1. The summed E-state index contributed by atoms with van der Waals surface area (Å²) in [7, 11) is 2.06. The van der Waals surface area contributed by atoms with Crippen molar-refractivity contribution in [3.63, 3.8) is 0 Å². The van der Waals surface area contributed by atoms with Crippen LogP contribution in [0.15, 0.2) is 43.0 Å². The minimum absolute atomic E-state index is 0.269. The van der Waals surface area contributed by atoms with Crippen molar-refractivity contribution in [1.29, 1.82) is 0 Å². The number of alkyl halides is 3. The molecule has 4 N–H and O–H groups in total. The molecule has 10 nitrogen and oxygen atoms in total. The number of hydrazine groups is 1. The van der Waals surface area contributed by atoms with Gasteiger partial charge in [-0.15, -0.1) is 0 Å². The number of carbonyl (C=O) groups is 1. The van der Waals surface area contributed by atoms with Crippen molar-refractivity contribution in [2.24, 2.45) is 11.7 Å². The van der Waals surface area contributed by atoms with E-state index in [9.17, 15) is 22.4 Å². The first-order valence-electron chi connectivity index (χ1n) is 14.0. The van der Waals surface area contributed by atoms with E-state index in [1.54, 1.807) is 6.33 Å². The number of benzene rings is 1. The van der Waals surface area contributed by atoms with E-state index in [0.29, 0.717) is 50.7 Å². The number of halogens is 4. The number of carbonyl (C=O) groups excluding carboxylic acids is 1. The van der Waals surface area contributed by atoms with Crippen LogP contribution in [0.1, 0.15) is 24.1 Å². The molecule has 1 saturated carbocycles. The van der Waals surface area contributed by atoms with Crippen LogP contribution in [-0.2, 0) is 6.18 Å². The number of H-pyrrole nitrogens is 1. The van der Waals surface area contributed by atoms with Gasteiger partial charge in [-0.05, 0) is 49.6 Å². The number of hydrogen-bond acceptors (Lipinski definition) is 7. The average Bonchev–Trinajstić information content (AvgIpc) is 3.58. The topological polar surface area (TPSA) is 110 Å². The number of aromatic nitrogens is 3. The molecule has 1 aliphatic carbocycles. The van der Waals surface area contributed by atoms with Gasteiger partial charge in [0, 0.05) is 69.2 Å². The van der Waals surface area contributed by atoms with Gasteiger partial charge < -0.3 is 25.9 Å². The van der Waals surface area contributed by atoms with E-state index in [2.05, 4.69) is 48.4 Å². The molecule has 1 aromatic carbocycles. The number of piperazine rings is 1. The molecule has 4 heterocycles. The van der Waals surface area contributed by atoms with E-state index < -0.39 is 29.3 Å². The number of nitrogens with one attached hydrogen (secondary N) is 2. The molecule has 0 spiro atoms. The van der Waals surface area contributed by atoms with Crippen molar-refractivity contribution in [3.8, 4) is 0 Å². The largest absolute Gasteiger partial charge is 0.418 e. The summed E-state index contributed by atoms with van der Waals surface area (Å²) in [4.78, 5) is 28.7. The second-order valence-corrected chi connectivity index (χ2v) is 11.1. The number of rotatable bonds is 6. The molecule has 2 aliphatic heterocycles. The van der Waals surface area contributed by atoms with Crippen molar-refractivity contribution >= 4 is 28.3 Å². The predicted octanol–water partition coefficient (Wildman–Crippen LogP) is 3.57. The van der Waals surface area contributed by atoms with Gasteiger partial charge in [-0.1, -0.05) is 0 Å². The Kier molecular flexibility index (Phi) is 7.53. The van der Waals surface area contributed by atoms with Crippen molar-refractivity contribution in [1.82, 2.24) is 34.8 Å². The van der Waals surface area contributed by atoms with E-state index in [-0.39, 0.29) is 6.04 Å². The Morgan fingerprint density at radius 2 is 1.93 bits per heavy atom. The number of urea groups is 1. The summed E-state index contributed by atoms with van der Waals surface area (Å²) in [6.45, 7) is 3.24. The van der Waals surface area contributed by atoms with E-state index in [4.69, 9.17) is 5.73 Å². The third-order valence-electron chi connectivity index (χ3n) is 8.65. The van der Waals surface area contributed by atoms with Gasteiger partial charge in [-0.25, -0.2) is 24.2 Å². The molecular weight excluding hydrogens is 554 g/mol. The first-order chi connectivity index (χ1) is 20.1. The molecule has 14 heteroatoms. The van der Waals surface area contributed by atoms with Crippen LogP contribution in [0.2, 0.25) is 0 Å². The lowest BCUT2D eigenvalue weighted by atomic mass is 9.71. The maximum absolute atomic E-state index is 13.5. The average molecular weight is 588 g/mol. The van der Waals surface area contributed by atoms with E-state index in [1.807, 2.05) is 12.3 Å². The number of aromatic amines is 1. The molecule has 3 unspecified atom stereocenters. The summed E-state index contributed by atoms with van der Waals surface area (Å²) in [6, 6.07) is 4.15. The molecule has 1 saturated heterocycles. The van der Waals surface area contributed by atoms with Crippen LogP contribution in [0, 0.1) is 11.7 Å². The zero-order valence-electron chi connectivity index (χ0n) is 23.1. The van der Waals surface area contributed by atoms with Crippen LogP contribution in [0.25, 0.3) is 16.6 Å². The van der Waals surface area contributed by atoms with Crippen LogP contribution in [0.3, 0.4) is 0 Å². The molecule has 3 atom stereocenters. The number of hydrogen-bond donors (Lipinski definition) is 3. The lowest BCUT2D eigenvalue weighted by Gasteiger charge is -2.55. The highest BCUT2D eigenvalue weighted by molar-refractivity contribution is 5.90. The maximum Gasteiger partial charge on any atom is 0.418 e. The Balaban J connectivity index is 1.09. The Labute approximate surface area is 240 Å². The Morgan fingerprint density at radius 1 is 1.14 bits per heavy atom. The predicted molar refractivity (Wildman–Crippen MR) is 149 cm³/mol. The van der Waals surface area contributed by atoms with Gasteiger partial charge in [0.15, 0.2) is 0 Å². The quantitative estimate of drug-likeness (QED) is 0.379. The minimum Gasteiger partial charge on any atom is -0.346 e. The second kappa shape index (κ2) is 11.2. The fourth-order valence-corrected chi connectivity index (χ4v) is 6.51. The lowest BCUT2D eigenvalue weighted by molar-refractivity contribution is -0.137. The van der Waals surface area contributed by atoms with Crippen LogP contribution in [0.4, 0.5) is 28.0 Å². The fraction of sp³-hybridized carbons (Fsp3) is 0.464. The molecule has 2 fully saturated rings. The molecule has 0 bridgehead atoms. The van der Waals surface area contributed by atoms with Gasteiger partial charge in [0.2, 0.25) is 0 Å². The molecule has 42 heavy (non-hydrogen) atoms. The SMILES string of the molecule is CN1CC(c2ncnc3[nH]ccc23)=CN1C1CC(N2CCN(C(=O)Nc3ccc(F)cc3C(F)(F)F)CC2)C1CCN. The zero-order chi connectivity index (χ0) is 29.6. The third kappa shape index (κ3) is 5.29. The summed E-state index contributed by atoms with van der Waals surface area (Å²) in [5.74, 6) is -0.696. The van der Waals surface area contributed by atoms with Gasteiger partial charge >= 0.3 is 12.2 Å². The molecular formula is C28H33F4N9O. The van der Waals surface area contributed by atoms with Crippen LogP contribution in [-0.4, -0.2) is 99.2 Å². The normalized spacial score (nSPS) is 23.8. The molecule has 2 aromatic heterocycles. The van der Waals surface area contributed by atoms with Gasteiger partial charge in [0.1, 0.15) is 17.8 Å². The van der Waals surface area contributed by atoms with E-state index in [1.165, 1.54) is 4.90 Å². The molecule has 2 amide bonds. The van der Waals surface area contributed by atoms with Crippen molar-refractivity contribution in [2.75, 3.05) is 51.6 Å². The lowest BCUT2D eigenvalue weighted by Crippen LogP contribution is -2.65. The fourth-order valence-electron chi connectivity index (χ4n) is 6.51. The molecule has 6 rings (SSSR count). The van der Waals surface area contributed by atoms with Gasteiger partial charge in [-0.2, -0.15) is 13.2 Å². The van der Waals surface area contributed by atoms with Crippen molar-refractivity contribution in [3.05, 3.63) is 60.1 Å². The summed E-state index contributed by atoms with van der Waals surface area (Å²) in [6.07, 6.45) is 2.60. The number of nitrogens with zero attached hydrogens (tertiary/aromatic N) is 6. The molecule has 3 aliphatic rings. The zero-order valence-corrected chi connectivity index (χ0v) is 23.1. The number of nitrogens with two attached hydrogens (primary N) is 1. The maximum atomic E-state index is 13.5.